The van der Waals surface area contributed by atoms with Gasteiger partial charge in [0.2, 0.25) is 0 Å². The minimum Gasteiger partial charge on any atom is -0.393 e. The Morgan fingerprint density at radius 3 is 1.06 bits per heavy atom. The van der Waals surface area contributed by atoms with E-state index in [4.69, 9.17) is 13.6 Å². The van der Waals surface area contributed by atoms with Crippen molar-refractivity contribution >= 4 is 21.9 Å². The van der Waals surface area contributed by atoms with Gasteiger partial charge in [0.05, 0.1) is 0 Å². The monoisotopic (exact) mass is 742 g/mol. The van der Waals surface area contributed by atoms with E-state index in [0.29, 0.717) is 0 Å². The Hall–Kier alpha value is 0.447. The maximum atomic E-state index is 6.68. The molecule has 0 amide bonds. The Labute approximate surface area is 324 Å². The highest BCUT2D eigenvalue weighted by atomic mass is 32.1. The standard InChI is InChI=1S/C45H93O3SSi/c1-4-7-10-13-16-19-22-23-24-26-29-32-35-38-42-47-50(44-39-43-49)48-45(40-36-33-30-27-25-20-17-14-11-8-5-2)46-41-37-34-31-28-21-18-15-12-9-6-3/h45,49H,4-44H2,1-3H3. The highest BCUT2D eigenvalue weighted by Crippen LogP contribution is 2.18. The number of rotatable bonds is 45. The number of unbranched alkanes of at least 4 members (excludes halogenated alkanes) is 32. The van der Waals surface area contributed by atoms with E-state index in [-0.39, 0.29) is 6.29 Å². The van der Waals surface area contributed by atoms with Gasteiger partial charge in [0.25, 0.3) is 0 Å². The van der Waals surface area contributed by atoms with Crippen molar-refractivity contribution in [2.45, 2.75) is 271 Å². The van der Waals surface area contributed by atoms with Crippen LogP contribution in [0.1, 0.15) is 258 Å². The zero-order chi connectivity index (χ0) is 36.3. The van der Waals surface area contributed by atoms with Crippen molar-refractivity contribution in [3.05, 3.63) is 0 Å². The molecule has 1 unspecified atom stereocenters. The molecule has 0 aromatic rings. The molecule has 0 aliphatic heterocycles. The maximum Gasteiger partial charge on any atom is 0.386 e. The molecule has 0 bridgehead atoms. The van der Waals surface area contributed by atoms with Crippen LogP contribution in [0, 0.1) is 0 Å². The lowest BCUT2D eigenvalue weighted by Gasteiger charge is -2.24. The molecule has 3 nitrogen and oxygen atoms in total. The van der Waals surface area contributed by atoms with Crippen molar-refractivity contribution in [1.82, 2.24) is 0 Å². The second kappa shape index (κ2) is 45.6. The summed E-state index contributed by atoms with van der Waals surface area (Å²) >= 11 is 4.51. The van der Waals surface area contributed by atoms with Crippen LogP contribution in [-0.2, 0) is 13.6 Å². The van der Waals surface area contributed by atoms with Crippen LogP contribution in [0.5, 0.6) is 0 Å². The molecule has 0 heterocycles. The van der Waals surface area contributed by atoms with Gasteiger partial charge in [-0.3, -0.25) is 0 Å². The fourth-order valence-corrected chi connectivity index (χ4v) is 9.08. The summed E-state index contributed by atoms with van der Waals surface area (Å²) in [5.41, 5.74) is 0. The molecular formula is C45H93O3SSi. The molecule has 0 saturated heterocycles. The largest absolute Gasteiger partial charge is 0.393 e. The van der Waals surface area contributed by atoms with E-state index in [1.807, 2.05) is 0 Å². The molecule has 1 radical (unpaired) electrons. The fraction of sp³-hybridized carbons (Fsp3) is 1.00. The number of ether oxygens (including phenoxy) is 1. The van der Waals surface area contributed by atoms with E-state index >= 15 is 0 Å². The van der Waals surface area contributed by atoms with Crippen LogP contribution in [0.2, 0.25) is 6.04 Å². The van der Waals surface area contributed by atoms with Crippen LogP contribution in [0.3, 0.4) is 0 Å². The highest BCUT2D eigenvalue weighted by Gasteiger charge is 2.22. The predicted molar refractivity (Wildman–Crippen MR) is 229 cm³/mol. The van der Waals surface area contributed by atoms with Crippen molar-refractivity contribution in [2.75, 3.05) is 19.0 Å². The number of hydrogen-bond donors (Lipinski definition) is 1. The average Bonchev–Trinajstić information content (AvgIpc) is 3.13. The Morgan fingerprint density at radius 1 is 0.380 bits per heavy atom. The third-order valence-electron chi connectivity index (χ3n) is 10.4. The van der Waals surface area contributed by atoms with Crippen LogP contribution in [0.25, 0.3) is 0 Å². The molecular weight excluding hydrogens is 649 g/mol. The zero-order valence-corrected chi connectivity index (χ0v) is 36.6. The first-order valence-electron chi connectivity index (χ1n) is 23.2. The van der Waals surface area contributed by atoms with E-state index in [1.54, 1.807) is 0 Å². The summed E-state index contributed by atoms with van der Waals surface area (Å²) in [5, 5.41) is 0. The van der Waals surface area contributed by atoms with Gasteiger partial charge in [0, 0.05) is 13.2 Å². The van der Waals surface area contributed by atoms with Gasteiger partial charge in [0.1, 0.15) is 6.29 Å². The summed E-state index contributed by atoms with van der Waals surface area (Å²) < 4.78 is 19.6. The lowest BCUT2D eigenvalue weighted by Crippen LogP contribution is -2.31. The van der Waals surface area contributed by atoms with Crippen LogP contribution in [0.4, 0.5) is 0 Å². The second-order valence-electron chi connectivity index (χ2n) is 15.6. The smallest absolute Gasteiger partial charge is 0.386 e. The first kappa shape index (κ1) is 50.4. The Morgan fingerprint density at radius 2 is 0.700 bits per heavy atom. The van der Waals surface area contributed by atoms with Crippen LogP contribution in [0.15, 0.2) is 0 Å². The van der Waals surface area contributed by atoms with Gasteiger partial charge < -0.3 is 13.6 Å². The summed E-state index contributed by atoms with van der Waals surface area (Å²) in [6.45, 7) is 8.59. The molecule has 0 rings (SSSR count). The Balaban J connectivity index is 4.33. The molecule has 0 aliphatic rings. The van der Waals surface area contributed by atoms with Crippen molar-refractivity contribution in [3.8, 4) is 0 Å². The van der Waals surface area contributed by atoms with Crippen molar-refractivity contribution in [2.24, 2.45) is 0 Å². The normalized spacial score (nSPS) is 12.4. The van der Waals surface area contributed by atoms with E-state index in [1.165, 1.54) is 218 Å². The summed E-state index contributed by atoms with van der Waals surface area (Å²) in [6, 6.07) is 1.02. The van der Waals surface area contributed by atoms with Crippen LogP contribution in [-0.4, -0.2) is 34.5 Å². The molecule has 0 saturated carbocycles. The SMILES string of the molecule is CCCCCCCCCCCCCCCCO[Si](CCCS)OC(CCCCCCCCCCCCC)OCCCCCCCCCCCC. The lowest BCUT2D eigenvalue weighted by atomic mass is 10.0. The first-order valence-corrected chi connectivity index (χ1v) is 25.3. The molecule has 1 atom stereocenters. The molecule has 0 aromatic heterocycles. The van der Waals surface area contributed by atoms with Gasteiger partial charge in [0.15, 0.2) is 0 Å². The van der Waals surface area contributed by atoms with Gasteiger partial charge in [-0.1, -0.05) is 226 Å². The summed E-state index contributed by atoms with van der Waals surface area (Å²) in [5.74, 6) is 0.905. The molecule has 50 heavy (non-hydrogen) atoms. The van der Waals surface area contributed by atoms with Crippen molar-refractivity contribution in [3.63, 3.8) is 0 Å². The van der Waals surface area contributed by atoms with Gasteiger partial charge >= 0.3 is 9.28 Å². The zero-order valence-electron chi connectivity index (χ0n) is 34.7. The van der Waals surface area contributed by atoms with Gasteiger partial charge in [-0.2, -0.15) is 12.6 Å². The Kier molecular flexibility index (Phi) is 46.0. The minimum absolute atomic E-state index is 0.0859. The second-order valence-corrected chi connectivity index (χ2v) is 17.8. The summed E-state index contributed by atoms with van der Waals surface area (Å²) in [6.07, 6.45) is 50.2. The quantitative estimate of drug-likeness (QED) is 0.0291. The van der Waals surface area contributed by atoms with Crippen molar-refractivity contribution < 1.29 is 13.6 Å². The summed E-state index contributed by atoms with van der Waals surface area (Å²) in [7, 11) is -1.32. The third-order valence-corrected chi connectivity index (χ3v) is 12.5. The predicted octanol–water partition coefficient (Wildman–Crippen LogP) is 16.3. The van der Waals surface area contributed by atoms with E-state index in [9.17, 15) is 0 Å². The van der Waals surface area contributed by atoms with Gasteiger partial charge in [-0.15, -0.1) is 0 Å². The average molecular weight is 742 g/mol. The molecule has 0 N–H and O–H groups in total. The Bertz CT molecular complexity index is 569. The molecule has 5 heteroatoms. The molecule has 0 spiro atoms. The molecule has 0 aliphatic carbocycles. The molecule has 0 aromatic carbocycles. The molecule has 301 valence electrons. The molecule has 0 fully saturated rings. The minimum atomic E-state index is -1.32. The van der Waals surface area contributed by atoms with E-state index in [0.717, 1.165) is 44.3 Å². The van der Waals surface area contributed by atoms with Crippen molar-refractivity contribution in [1.29, 1.82) is 0 Å². The van der Waals surface area contributed by atoms with E-state index < -0.39 is 9.28 Å². The van der Waals surface area contributed by atoms with Gasteiger partial charge in [-0.25, -0.2) is 0 Å². The topological polar surface area (TPSA) is 27.7 Å². The lowest BCUT2D eigenvalue weighted by molar-refractivity contribution is -0.0998. The number of hydrogen-bond acceptors (Lipinski definition) is 4. The van der Waals surface area contributed by atoms with E-state index in [2.05, 4.69) is 33.4 Å². The highest BCUT2D eigenvalue weighted by molar-refractivity contribution is 7.80. The van der Waals surface area contributed by atoms with Crippen LogP contribution < -0.4 is 0 Å². The first-order chi connectivity index (χ1) is 24.8. The number of thiol groups is 1. The fourth-order valence-electron chi connectivity index (χ4n) is 6.97. The van der Waals surface area contributed by atoms with Crippen LogP contribution >= 0.6 is 12.6 Å². The van der Waals surface area contributed by atoms with Gasteiger partial charge in [-0.05, 0) is 43.9 Å². The maximum absolute atomic E-state index is 6.68. The third kappa shape index (κ3) is 41.2. The summed E-state index contributed by atoms with van der Waals surface area (Å²) in [4.78, 5) is 0.